The van der Waals surface area contributed by atoms with Gasteiger partial charge in [0.05, 0.1) is 30.4 Å². The van der Waals surface area contributed by atoms with Crippen molar-refractivity contribution < 1.29 is 14.6 Å². The van der Waals surface area contributed by atoms with Crippen molar-refractivity contribution in [2.45, 2.75) is 32.3 Å². The Morgan fingerprint density at radius 2 is 2.19 bits per heavy atom. The van der Waals surface area contributed by atoms with Gasteiger partial charge in [-0.3, -0.25) is 4.79 Å². The van der Waals surface area contributed by atoms with E-state index in [1.54, 1.807) is 0 Å². The van der Waals surface area contributed by atoms with Crippen molar-refractivity contribution in [3.63, 3.8) is 0 Å². The Hall–Kier alpha value is -2.06. The van der Waals surface area contributed by atoms with E-state index in [9.17, 15) is 10.1 Å². The maximum absolute atomic E-state index is 10.5. The number of piperidine rings is 1. The summed E-state index contributed by atoms with van der Waals surface area (Å²) in [7, 11) is 0. The summed E-state index contributed by atoms with van der Waals surface area (Å²) in [6, 6.07) is 8.02. The topological polar surface area (TPSA) is 73.6 Å². The van der Waals surface area contributed by atoms with Crippen LogP contribution in [0.25, 0.3) is 0 Å². The summed E-state index contributed by atoms with van der Waals surface area (Å²) in [5.74, 6) is -0.828. The van der Waals surface area contributed by atoms with Gasteiger partial charge in [0.15, 0.2) is 0 Å². The first-order valence-corrected chi connectivity index (χ1v) is 7.20. The highest BCUT2D eigenvalue weighted by Crippen LogP contribution is 2.28. The van der Waals surface area contributed by atoms with Crippen molar-refractivity contribution >= 4 is 11.7 Å². The minimum Gasteiger partial charge on any atom is -0.481 e. The van der Waals surface area contributed by atoms with E-state index < -0.39 is 5.97 Å². The van der Waals surface area contributed by atoms with Gasteiger partial charge in [-0.15, -0.1) is 0 Å². The fraction of sp³-hybridized carbons (Fsp3) is 0.500. The summed E-state index contributed by atoms with van der Waals surface area (Å²) in [5.41, 5.74) is 2.84. The van der Waals surface area contributed by atoms with E-state index >= 15 is 0 Å². The van der Waals surface area contributed by atoms with E-state index in [0.29, 0.717) is 5.56 Å². The predicted octanol–water partition coefficient (Wildman–Crippen LogP) is 2.33. The Morgan fingerprint density at radius 3 is 2.81 bits per heavy atom. The zero-order chi connectivity index (χ0) is 15.2. The third-order valence-electron chi connectivity index (χ3n) is 3.79. The van der Waals surface area contributed by atoms with E-state index in [1.807, 2.05) is 25.1 Å². The molecule has 1 N–H and O–H groups in total. The second-order valence-corrected chi connectivity index (χ2v) is 5.28. The number of rotatable bonds is 5. The molecule has 1 aliphatic heterocycles. The van der Waals surface area contributed by atoms with Crippen LogP contribution >= 0.6 is 0 Å². The molecule has 5 heteroatoms. The number of hydrogen-bond acceptors (Lipinski definition) is 4. The van der Waals surface area contributed by atoms with Gasteiger partial charge < -0.3 is 14.7 Å². The molecule has 2 rings (SSSR count). The van der Waals surface area contributed by atoms with Gasteiger partial charge in [-0.1, -0.05) is 12.1 Å². The summed E-state index contributed by atoms with van der Waals surface area (Å²) >= 11 is 0. The average Bonchev–Trinajstić information content (AvgIpc) is 2.47. The standard InChI is InChI=1S/C16H20N2O3/c1-12-3-2-4-13(11-17)16(12)18-8-5-14(6-9-18)21-10-7-15(19)20/h2-4,14H,5-10H2,1H3,(H,19,20). The third-order valence-corrected chi connectivity index (χ3v) is 3.79. The first kappa shape index (κ1) is 15.3. The lowest BCUT2D eigenvalue weighted by Gasteiger charge is -2.34. The summed E-state index contributed by atoms with van der Waals surface area (Å²) in [5, 5.41) is 17.8. The number of carboxylic acids is 1. The highest BCUT2D eigenvalue weighted by atomic mass is 16.5. The smallest absolute Gasteiger partial charge is 0.305 e. The molecule has 1 heterocycles. The molecule has 1 aromatic carbocycles. The Balaban J connectivity index is 1.93. The molecule has 0 aliphatic carbocycles. The van der Waals surface area contributed by atoms with Gasteiger partial charge in [0, 0.05) is 13.1 Å². The monoisotopic (exact) mass is 288 g/mol. The van der Waals surface area contributed by atoms with E-state index in [-0.39, 0.29) is 19.1 Å². The number of aliphatic carboxylic acids is 1. The number of ether oxygens (including phenoxy) is 1. The molecule has 0 saturated carbocycles. The fourth-order valence-electron chi connectivity index (χ4n) is 2.73. The number of anilines is 1. The van der Waals surface area contributed by atoms with Gasteiger partial charge in [0.2, 0.25) is 0 Å². The number of hydrogen-bond donors (Lipinski definition) is 1. The van der Waals surface area contributed by atoms with Crippen LogP contribution in [0.3, 0.4) is 0 Å². The molecule has 0 atom stereocenters. The SMILES string of the molecule is Cc1cccc(C#N)c1N1CCC(OCCC(=O)O)CC1. The molecule has 0 spiro atoms. The normalized spacial score (nSPS) is 15.7. The minimum absolute atomic E-state index is 0.0522. The molecule has 1 fully saturated rings. The largest absolute Gasteiger partial charge is 0.481 e. The Bertz CT molecular complexity index is 543. The quantitative estimate of drug-likeness (QED) is 0.900. The van der Waals surface area contributed by atoms with Gasteiger partial charge in [-0.25, -0.2) is 0 Å². The molecule has 0 aromatic heterocycles. The van der Waals surface area contributed by atoms with E-state index in [1.165, 1.54) is 0 Å². The summed E-state index contributed by atoms with van der Waals surface area (Å²) in [4.78, 5) is 12.7. The lowest BCUT2D eigenvalue weighted by Crippen LogP contribution is -2.38. The highest BCUT2D eigenvalue weighted by Gasteiger charge is 2.22. The first-order chi connectivity index (χ1) is 10.1. The molecule has 0 radical (unpaired) electrons. The summed E-state index contributed by atoms with van der Waals surface area (Å²) in [6.07, 6.45) is 1.89. The predicted molar refractivity (Wildman–Crippen MR) is 79.3 cm³/mol. The van der Waals surface area contributed by atoms with Crippen molar-refractivity contribution in [2.75, 3.05) is 24.6 Å². The van der Waals surface area contributed by atoms with Gasteiger partial charge in [0.25, 0.3) is 0 Å². The second kappa shape index (κ2) is 7.09. The average molecular weight is 288 g/mol. The zero-order valence-corrected chi connectivity index (χ0v) is 12.2. The number of nitrogens with zero attached hydrogens (tertiary/aromatic N) is 2. The van der Waals surface area contributed by atoms with Crippen LogP contribution in [0.1, 0.15) is 30.4 Å². The van der Waals surface area contributed by atoms with Crippen LogP contribution in [0.5, 0.6) is 0 Å². The van der Waals surface area contributed by atoms with E-state index in [2.05, 4.69) is 11.0 Å². The summed E-state index contributed by atoms with van der Waals surface area (Å²) < 4.78 is 5.59. The van der Waals surface area contributed by atoms with Crippen LogP contribution in [0.2, 0.25) is 0 Å². The van der Waals surface area contributed by atoms with Crippen molar-refractivity contribution in [3.05, 3.63) is 29.3 Å². The lowest BCUT2D eigenvalue weighted by atomic mass is 10.0. The molecule has 0 unspecified atom stereocenters. The fourth-order valence-corrected chi connectivity index (χ4v) is 2.73. The summed E-state index contributed by atoms with van der Waals surface area (Å²) in [6.45, 7) is 3.95. The second-order valence-electron chi connectivity index (χ2n) is 5.28. The molecule has 1 saturated heterocycles. The lowest BCUT2D eigenvalue weighted by molar-refractivity contribution is -0.138. The van der Waals surface area contributed by atoms with Gasteiger partial charge in [-0.05, 0) is 31.4 Å². The number of carbonyl (C=O) groups is 1. The molecular formula is C16H20N2O3. The maximum Gasteiger partial charge on any atom is 0.305 e. The molecule has 112 valence electrons. The van der Waals surface area contributed by atoms with Crippen LogP contribution in [0.15, 0.2) is 18.2 Å². The maximum atomic E-state index is 10.5. The number of benzene rings is 1. The van der Waals surface area contributed by atoms with Gasteiger partial charge in [-0.2, -0.15) is 5.26 Å². The highest BCUT2D eigenvalue weighted by molar-refractivity contribution is 5.66. The van der Waals surface area contributed by atoms with Crippen molar-refractivity contribution in [1.82, 2.24) is 0 Å². The Labute approximate surface area is 124 Å². The molecule has 5 nitrogen and oxygen atoms in total. The molecular weight excluding hydrogens is 268 g/mol. The molecule has 1 aliphatic rings. The first-order valence-electron chi connectivity index (χ1n) is 7.20. The zero-order valence-electron chi connectivity index (χ0n) is 12.2. The minimum atomic E-state index is -0.828. The Kier molecular flexibility index (Phi) is 5.18. The van der Waals surface area contributed by atoms with Crippen LogP contribution in [-0.4, -0.2) is 36.9 Å². The van der Waals surface area contributed by atoms with Crippen molar-refractivity contribution in [3.8, 4) is 6.07 Å². The number of para-hydroxylation sites is 1. The van der Waals surface area contributed by atoms with Crippen LogP contribution in [0.4, 0.5) is 5.69 Å². The van der Waals surface area contributed by atoms with Crippen LogP contribution in [-0.2, 0) is 9.53 Å². The van der Waals surface area contributed by atoms with E-state index in [0.717, 1.165) is 37.2 Å². The van der Waals surface area contributed by atoms with Crippen molar-refractivity contribution in [2.24, 2.45) is 0 Å². The van der Waals surface area contributed by atoms with Crippen molar-refractivity contribution in [1.29, 1.82) is 5.26 Å². The van der Waals surface area contributed by atoms with E-state index in [4.69, 9.17) is 9.84 Å². The molecule has 1 aromatic rings. The molecule has 21 heavy (non-hydrogen) atoms. The molecule has 0 amide bonds. The third kappa shape index (κ3) is 3.96. The Morgan fingerprint density at radius 1 is 1.48 bits per heavy atom. The van der Waals surface area contributed by atoms with Gasteiger partial charge >= 0.3 is 5.97 Å². The van der Waals surface area contributed by atoms with Crippen LogP contribution in [0, 0.1) is 18.3 Å². The number of carboxylic acid groups (broad SMARTS) is 1. The van der Waals surface area contributed by atoms with Gasteiger partial charge in [0.1, 0.15) is 6.07 Å². The number of aryl methyl sites for hydroxylation is 1. The van der Waals surface area contributed by atoms with Crippen LogP contribution < -0.4 is 4.90 Å². The number of nitriles is 1. The molecule has 0 bridgehead atoms.